The molecule has 0 heterocycles. The molecule has 112 valence electrons. The largest absolute Gasteiger partial charge is 0.481 e. The Hall–Kier alpha value is -1.32. The van der Waals surface area contributed by atoms with Crippen LogP contribution in [0.2, 0.25) is 0 Å². The normalized spacial score (nSPS) is 20.7. The van der Waals surface area contributed by atoms with Gasteiger partial charge in [0.2, 0.25) is 5.91 Å². The summed E-state index contributed by atoms with van der Waals surface area (Å²) in [6, 6.07) is 0. The van der Waals surface area contributed by atoms with Crippen LogP contribution in [0.5, 0.6) is 0 Å². The standard InChI is InChI=1S/C16H25NO3/c18-14(17-10-7-13-5-1-2-6-13)11-16(12-15(19)20)8-3-4-9-16/h5H,1-4,6-12H2,(H,17,18)(H,19,20). The number of rotatable bonds is 7. The molecule has 4 heteroatoms. The van der Waals surface area contributed by atoms with Crippen LogP contribution in [0.15, 0.2) is 11.6 Å². The number of carboxylic acids is 1. The fraction of sp³-hybridized carbons (Fsp3) is 0.750. The Morgan fingerprint density at radius 1 is 1.20 bits per heavy atom. The number of carbonyl (C=O) groups is 2. The topological polar surface area (TPSA) is 66.4 Å². The van der Waals surface area contributed by atoms with Crippen LogP contribution in [0.25, 0.3) is 0 Å². The van der Waals surface area contributed by atoms with Gasteiger partial charge in [-0.2, -0.15) is 0 Å². The zero-order valence-corrected chi connectivity index (χ0v) is 12.1. The van der Waals surface area contributed by atoms with E-state index in [0.717, 1.165) is 32.1 Å². The third-order valence-electron chi connectivity index (χ3n) is 4.63. The molecule has 20 heavy (non-hydrogen) atoms. The van der Waals surface area contributed by atoms with Gasteiger partial charge in [-0.25, -0.2) is 0 Å². The molecule has 0 spiro atoms. The molecule has 2 aliphatic carbocycles. The van der Waals surface area contributed by atoms with Gasteiger partial charge in [-0.05, 0) is 43.9 Å². The minimum absolute atomic E-state index is 0.0201. The number of hydrogen-bond donors (Lipinski definition) is 2. The fourth-order valence-electron chi connectivity index (χ4n) is 3.59. The second-order valence-corrected chi connectivity index (χ2v) is 6.31. The van der Waals surface area contributed by atoms with Gasteiger partial charge in [-0.15, -0.1) is 0 Å². The number of hydrogen-bond acceptors (Lipinski definition) is 2. The second kappa shape index (κ2) is 6.91. The maximum Gasteiger partial charge on any atom is 0.303 e. The lowest BCUT2D eigenvalue weighted by atomic mass is 9.79. The Kier molecular flexibility index (Phi) is 5.21. The van der Waals surface area contributed by atoms with Crippen molar-refractivity contribution in [2.75, 3.05) is 6.54 Å². The highest BCUT2D eigenvalue weighted by atomic mass is 16.4. The summed E-state index contributed by atoms with van der Waals surface area (Å²) < 4.78 is 0. The monoisotopic (exact) mass is 279 g/mol. The van der Waals surface area contributed by atoms with Gasteiger partial charge in [0, 0.05) is 13.0 Å². The first-order valence-electron chi connectivity index (χ1n) is 7.76. The first-order chi connectivity index (χ1) is 9.60. The number of carboxylic acid groups (broad SMARTS) is 1. The maximum absolute atomic E-state index is 12.0. The molecule has 1 fully saturated rings. The number of amides is 1. The second-order valence-electron chi connectivity index (χ2n) is 6.31. The summed E-state index contributed by atoms with van der Waals surface area (Å²) in [6.45, 7) is 0.688. The van der Waals surface area contributed by atoms with Crippen LogP contribution in [-0.2, 0) is 9.59 Å². The number of nitrogens with one attached hydrogen (secondary N) is 1. The predicted octanol–water partition coefficient (Wildman–Crippen LogP) is 3.03. The van der Waals surface area contributed by atoms with Crippen molar-refractivity contribution in [2.45, 2.75) is 64.2 Å². The summed E-state index contributed by atoms with van der Waals surface area (Å²) in [5.41, 5.74) is 1.16. The van der Waals surface area contributed by atoms with Crippen molar-refractivity contribution >= 4 is 11.9 Å². The van der Waals surface area contributed by atoms with Crippen LogP contribution in [0, 0.1) is 5.41 Å². The van der Waals surface area contributed by atoms with Gasteiger partial charge >= 0.3 is 5.97 Å². The molecule has 2 aliphatic rings. The molecule has 0 aromatic carbocycles. The number of allylic oxidation sites excluding steroid dienone is 1. The Morgan fingerprint density at radius 2 is 1.95 bits per heavy atom. The average molecular weight is 279 g/mol. The smallest absolute Gasteiger partial charge is 0.303 e. The minimum Gasteiger partial charge on any atom is -0.481 e. The average Bonchev–Trinajstić information content (AvgIpc) is 3.00. The summed E-state index contributed by atoms with van der Waals surface area (Å²) in [7, 11) is 0. The first-order valence-corrected chi connectivity index (χ1v) is 7.76. The number of aliphatic carboxylic acids is 1. The fourth-order valence-corrected chi connectivity index (χ4v) is 3.59. The van der Waals surface area contributed by atoms with E-state index in [1.807, 2.05) is 0 Å². The summed E-state index contributed by atoms with van der Waals surface area (Å²) in [5.74, 6) is -0.762. The van der Waals surface area contributed by atoms with Gasteiger partial charge < -0.3 is 10.4 Å². The zero-order valence-electron chi connectivity index (χ0n) is 12.1. The molecule has 4 nitrogen and oxygen atoms in total. The molecule has 1 saturated carbocycles. The van der Waals surface area contributed by atoms with E-state index < -0.39 is 5.97 Å². The van der Waals surface area contributed by atoms with Crippen LogP contribution in [0.3, 0.4) is 0 Å². The van der Waals surface area contributed by atoms with Gasteiger partial charge in [0.1, 0.15) is 0 Å². The highest BCUT2D eigenvalue weighted by Gasteiger charge is 2.37. The van der Waals surface area contributed by atoms with E-state index in [1.54, 1.807) is 0 Å². The summed E-state index contributed by atoms with van der Waals surface area (Å²) in [6.07, 6.45) is 11.1. The summed E-state index contributed by atoms with van der Waals surface area (Å²) >= 11 is 0. The van der Waals surface area contributed by atoms with Crippen molar-refractivity contribution in [3.05, 3.63) is 11.6 Å². The van der Waals surface area contributed by atoms with Gasteiger partial charge in [-0.3, -0.25) is 9.59 Å². The van der Waals surface area contributed by atoms with Crippen LogP contribution in [-0.4, -0.2) is 23.5 Å². The maximum atomic E-state index is 12.0. The van der Waals surface area contributed by atoms with Gasteiger partial charge in [-0.1, -0.05) is 24.5 Å². The van der Waals surface area contributed by atoms with Crippen molar-refractivity contribution in [1.82, 2.24) is 5.32 Å². The Labute approximate surface area is 120 Å². The molecule has 2 N–H and O–H groups in total. The lowest BCUT2D eigenvalue weighted by molar-refractivity contribution is -0.140. The summed E-state index contributed by atoms with van der Waals surface area (Å²) in [4.78, 5) is 23.0. The Balaban J connectivity index is 1.75. The van der Waals surface area contributed by atoms with Gasteiger partial charge in [0.05, 0.1) is 6.42 Å². The molecule has 0 bridgehead atoms. The van der Waals surface area contributed by atoms with E-state index >= 15 is 0 Å². The third kappa shape index (κ3) is 4.36. The first kappa shape index (κ1) is 15.1. The highest BCUT2D eigenvalue weighted by Crippen LogP contribution is 2.43. The third-order valence-corrected chi connectivity index (χ3v) is 4.63. The minimum atomic E-state index is -0.782. The lowest BCUT2D eigenvalue weighted by Gasteiger charge is -2.26. The van der Waals surface area contributed by atoms with E-state index in [2.05, 4.69) is 11.4 Å². The molecule has 0 aromatic rings. The molecule has 0 aromatic heterocycles. The summed E-state index contributed by atoms with van der Waals surface area (Å²) in [5, 5.41) is 12.0. The van der Waals surface area contributed by atoms with Crippen LogP contribution < -0.4 is 5.32 Å². The van der Waals surface area contributed by atoms with Crippen molar-refractivity contribution < 1.29 is 14.7 Å². The van der Waals surface area contributed by atoms with Crippen molar-refractivity contribution in [2.24, 2.45) is 5.41 Å². The van der Waals surface area contributed by atoms with Gasteiger partial charge in [0.15, 0.2) is 0 Å². The highest BCUT2D eigenvalue weighted by molar-refractivity contribution is 5.78. The molecule has 0 aliphatic heterocycles. The van der Waals surface area contributed by atoms with E-state index in [-0.39, 0.29) is 17.7 Å². The quantitative estimate of drug-likeness (QED) is 0.704. The molecular formula is C16H25NO3. The predicted molar refractivity (Wildman–Crippen MR) is 77.3 cm³/mol. The molecule has 0 radical (unpaired) electrons. The Bertz CT molecular complexity index is 395. The van der Waals surface area contributed by atoms with Crippen LogP contribution in [0.4, 0.5) is 0 Å². The van der Waals surface area contributed by atoms with Crippen molar-refractivity contribution in [3.8, 4) is 0 Å². The van der Waals surface area contributed by atoms with Crippen LogP contribution in [0.1, 0.15) is 64.2 Å². The van der Waals surface area contributed by atoms with Gasteiger partial charge in [0.25, 0.3) is 0 Å². The molecule has 1 amide bonds. The SMILES string of the molecule is O=C(O)CC1(CC(=O)NCCC2=CCCC2)CCCC1. The molecule has 2 rings (SSSR count). The van der Waals surface area contributed by atoms with E-state index in [4.69, 9.17) is 5.11 Å². The molecule has 0 unspecified atom stereocenters. The number of carbonyl (C=O) groups excluding carboxylic acids is 1. The van der Waals surface area contributed by atoms with E-state index in [0.29, 0.717) is 13.0 Å². The molecular weight excluding hydrogens is 254 g/mol. The van der Waals surface area contributed by atoms with Crippen LogP contribution >= 0.6 is 0 Å². The Morgan fingerprint density at radius 3 is 2.55 bits per heavy atom. The lowest BCUT2D eigenvalue weighted by Crippen LogP contribution is -2.32. The molecule has 0 atom stereocenters. The van der Waals surface area contributed by atoms with E-state index in [1.165, 1.54) is 24.8 Å². The van der Waals surface area contributed by atoms with E-state index in [9.17, 15) is 9.59 Å². The zero-order chi connectivity index (χ0) is 14.4. The van der Waals surface area contributed by atoms with Crippen molar-refractivity contribution in [1.29, 1.82) is 0 Å². The van der Waals surface area contributed by atoms with Crippen molar-refractivity contribution in [3.63, 3.8) is 0 Å². The molecule has 0 saturated heterocycles.